The fraction of sp³-hybridized carbons (Fsp3) is 0.0769. The molecule has 3 amide bonds. The van der Waals surface area contributed by atoms with E-state index in [-0.39, 0.29) is 5.82 Å². The number of benzene rings is 7. The van der Waals surface area contributed by atoms with Crippen LogP contribution in [0.3, 0.4) is 0 Å². The number of ether oxygens (including phenoxy) is 2. The highest BCUT2D eigenvalue weighted by Crippen LogP contribution is 2.31. The van der Waals surface area contributed by atoms with Crippen LogP contribution in [-0.2, 0) is 4.74 Å². The van der Waals surface area contributed by atoms with E-state index in [0.29, 0.717) is 73.4 Å². The van der Waals surface area contributed by atoms with Gasteiger partial charge in [-0.05, 0) is 103 Å². The van der Waals surface area contributed by atoms with Crippen molar-refractivity contribution in [3.8, 4) is 45.9 Å². The third-order valence-electron chi connectivity index (χ3n) is 10.6. The maximum Gasteiger partial charge on any atom is 0.248 e. The predicted octanol–water partition coefficient (Wildman–Crippen LogP) is 9.55. The van der Waals surface area contributed by atoms with E-state index in [9.17, 15) is 18.8 Å². The van der Waals surface area contributed by atoms with Crippen molar-refractivity contribution in [2.75, 3.05) is 31.2 Å². The van der Waals surface area contributed by atoms with Crippen LogP contribution in [0, 0.1) is 5.82 Å². The first-order valence-corrected chi connectivity index (χ1v) is 21.2. The Bertz CT molecular complexity index is 3450. The summed E-state index contributed by atoms with van der Waals surface area (Å²) in [5.41, 5.74) is 24.0. The Hall–Kier alpha value is -9.15. The van der Waals surface area contributed by atoms with Crippen LogP contribution in [0.2, 0.25) is 0 Å². The lowest BCUT2D eigenvalue weighted by Crippen LogP contribution is -2.36. The molecule has 4 heterocycles. The number of fused-ring (bicyclic) bond motifs is 3. The number of nitrogens with zero attached hydrogens (tertiary/aromatic N) is 4. The molecule has 0 saturated carbocycles. The third-order valence-corrected chi connectivity index (χ3v) is 10.6. The summed E-state index contributed by atoms with van der Waals surface area (Å²) in [6.45, 7) is 3.21. The van der Waals surface area contributed by atoms with E-state index in [1.54, 1.807) is 66.7 Å². The van der Waals surface area contributed by atoms with E-state index in [4.69, 9.17) is 39.9 Å². The van der Waals surface area contributed by atoms with Gasteiger partial charge in [0.2, 0.25) is 35.4 Å². The van der Waals surface area contributed by atoms with Gasteiger partial charge in [0.05, 0.1) is 13.2 Å². The maximum atomic E-state index is 13.1. The molecule has 0 atom stereocenters. The van der Waals surface area contributed by atoms with Crippen LogP contribution in [0.5, 0.6) is 11.5 Å². The molecule has 1 aliphatic rings. The monoisotopic (exact) mass is 909 g/mol. The second kappa shape index (κ2) is 19.5. The van der Waals surface area contributed by atoms with E-state index in [0.717, 1.165) is 54.4 Å². The Balaban J connectivity index is 0.000000129. The van der Waals surface area contributed by atoms with Gasteiger partial charge in [-0.25, -0.2) is 19.3 Å². The highest BCUT2D eigenvalue weighted by atomic mass is 19.1. The number of rotatable bonds is 9. The predicted molar refractivity (Wildman–Crippen MR) is 253 cm³/mol. The molecule has 16 heteroatoms. The van der Waals surface area contributed by atoms with Crippen molar-refractivity contribution in [2.24, 2.45) is 17.2 Å². The second-order valence-electron chi connectivity index (χ2n) is 15.3. The molecule has 1 fully saturated rings. The standard InChI is InChI=1S/C20H14N2O3.C18H17N3O3.C14H9FN2O2/c21-19(23)13-5-4-6-14(11-13)20-22-17-10-9-16(12-18(17)25-20)24-15-7-2-1-3-8-15;19-17(22)12-2-1-3-13(10-12)18-20-15-5-4-14(11-16(15)24-18)21-6-8-23-9-7-21;15-10-4-5-11-12(7-10)19-14(17-11)9-3-1-2-8(6-9)13(16)18/h1-12H,(H2,21,23);1-5,10-11H,6-9H2,(H2,19,22);1-7H,(H2,16,18). The average Bonchev–Trinajstić information content (AvgIpc) is 4.12. The van der Waals surface area contributed by atoms with Crippen LogP contribution in [0.25, 0.3) is 67.7 Å². The van der Waals surface area contributed by atoms with Crippen LogP contribution in [-0.4, -0.2) is 59.0 Å². The Morgan fingerprint density at radius 2 is 0.941 bits per heavy atom. The third kappa shape index (κ3) is 10.2. The topological polar surface area (TPSA) is 229 Å². The van der Waals surface area contributed by atoms with Crippen LogP contribution in [0.1, 0.15) is 31.1 Å². The lowest BCUT2D eigenvalue weighted by molar-refractivity contribution is 0.0992. The Kier molecular flexibility index (Phi) is 12.7. The number of hydrogen-bond acceptors (Lipinski definition) is 12. The largest absolute Gasteiger partial charge is 0.457 e. The molecular formula is C52H40FN7O8. The van der Waals surface area contributed by atoms with Crippen molar-refractivity contribution >= 4 is 56.7 Å². The van der Waals surface area contributed by atoms with Crippen molar-refractivity contribution in [2.45, 2.75) is 0 Å². The zero-order valence-corrected chi connectivity index (χ0v) is 36.0. The number of primary amides is 3. The van der Waals surface area contributed by atoms with E-state index in [1.807, 2.05) is 72.8 Å². The number of hydrogen-bond donors (Lipinski definition) is 3. The number of halogens is 1. The first-order chi connectivity index (χ1) is 33.0. The van der Waals surface area contributed by atoms with Crippen molar-refractivity contribution in [1.29, 1.82) is 0 Å². The summed E-state index contributed by atoms with van der Waals surface area (Å²) < 4.78 is 41.4. The summed E-state index contributed by atoms with van der Waals surface area (Å²) in [6.07, 6.45) is 0. The lowest BCUT2D eigenvalue weighted by Gasteiger charge is -2.28. The molecule has 15 nitrogen and oxygen atoms in total. The molecule has 338 valence electrons. The van der Waals surface area contributed by atoms with Gasteiger partial charge in [0.15, 0.2) is 16.7 Å². The van der Waals surface area contributed by atoms with E-state index < -0.39 is 17.7 Å². The van der Waals surface area contributed by atoms with E-state index in [1.165, 1.54) is 18.2 Å². The second-order valence-corrected chi connectivity index (χ2v) is 15.3. The van der Waals surface area contributed by atoms with Gasteiger partial charge in [0.25, 0.3) is 0 Å². The van der Waals surface area contributed by atoms with Crippen molar-refractivity contribution in [3.63, 3.8) is 0 Å². The van der Waals surface area contributed by atoms with Gasteiger partial charge in [-0.2, -0.15) is 0 Å². The van der Waals surface area contributed by atoms with Gasteiger partial charge in [0.1, 0.15) is 33.9 Å². The van der Waals surface area contributed by atoms with Crippen LogP contribution < -0.4 is 26.8 Å². The van der Waals surface area contributed by atoms with Gasteiger partial charge in [-0.15, -0.1) is 0 Å². The Morgan fingerprint density at radius 3 is 1.44 bits per heavy atom. The number of carbonyl (C=O) groups is 3. The highest BCUT2D eigenvalue weighted by Gasteiger charge is 2.16. The maximum absolute atomic E-state index is 13.1. The van der Waals surface area contributed by atoms with E-state index in [2.05, 4.69) is 19.9 Å². The zero-order valence-electron chi connectivity index (χ0n) is 36.0. The molecule has 7 aromatic carbocycles. The number of anilines is 1. The number of para-hydroxylation sites is 1. The summed E-state index contributed by atoms with van der Waals surface area (Å²) in [4.78, 5) is 49.3. The number of carbonyl (C=O) groups excluding carboxylic acids is 3. The smallest absolute Gasteiger partial charge is 0.248 e. The van der Waals surface area contributed by atoms with Crippen molar-refractivity contribution in [3.05, 3.63) is 180 Å². The summed E-state index contributed by atoms with van der Waals surface area (Å²) >= 11 is 0. The minimum absolute atomic E-state index is 0.323. The number of aromatic nitrogens is 3. The van der Waals surface area contributed by atoms with Crippen LogP contribution in [0.15, 0.2) is 171 Å². The molecule has 6 N–H and O–H groups in total. The summed E-state index contributed by atoms with van der Waals surface area (Å²) in [6, 6.07) is 45.5. The quantitative estimate of drug-likeness (QED) is 0.123. The summed E-state index contributed by atoms with van der Waals surface area (Å²) in [5.74, 6) is 0.762. The zero-order chi connectivity index (χ0) is 47.1. The molecular weight excluding hydrogens is 870 g/mol. The molecule has 1 saturated heterocycles. The number of nitrogens with two attached hydrogens (primary N) is 3. The molecule has 0 unspecified atom stereocenters. The SMILES string of the molecule is NC(=O)c1cccc(-c2nc3ccc(F)cc3o2)c1.NC(=O)c1cccc(-c2nc3ccc(N4CCOCC4)cc3o2)c1.NC(=O)c1cccc(-c2nc3ccc(Oc4ccccc4)cc3o2)c1. The minimum atomic E-state index is -0.524. The van der Waals surface area contributed by atoms with Crippen molar-refractivity contribution < 1.29 is 41.5 Å². The van der Waals surface area contributed by atoms with Gasteiger partial charge >= 0.3 is 0 Å². The van der Waals surface area contributed by atoms with Crippen LogP contribution >= 0.6 is 0 Å². The molecule has 68 heavy (non-hydrogen) atoms. The Morgan fingerprint density at radius 1 is 0.485 bits per heavy atom. The molecule has 0 spiro atoms. The summed E-state index contributed by atoms with van der Waals surface area (Å²) in [5, 5.41) is 0. The van der Waals surface area contributed by atoms with Crippen LogP contribution in [0.4, 0.5) is 10.1 Å². The fourth-order valence-electron chi connectivity index (χ4n) is 7.21. The number of morpholine rings is 1. The fourth-order valence-corrected chi connectivity index (χ4v) is 7.21. The van der Waals surface area contributed by atoms with Gasteiger partial charge in [-0.1, -0.05) is 36.4 Å². The first-order valence-electron chi connectivity index (χ1n) is 21.2. The molecule has 0 radical (unpaired) electrons. The summed E-state index contributed by atoms with van der Waals surface area (Å²) in [7, 11) is 0. The molecule has 0 bridgehead atoms. The van der Waals surface area contributed by atoms with Gasteiger partial charge in [-0.3, -0.25) is 14.4 Å². The number of amides is 3. The van der Waals surface area contributed by atoms with Gasteiger partial charge < -0.3 is 44.8 Å². The molecule has 3 aromatic heterocycles. The van der Waals surface area contributed by atoms with Crippen molar-refractivity contribution in [1.82, 2.24) is 15.0 Å². The van der Waals surface area contributed by atoms with E-state index >= 15 is 0 Å². The Labute approximate surface area is 386 Å². The average molecular weight is 910 g/mol. The van der Waals surface area contributed by atoms with Gasteiger partial charge in [0, 0.05) is 70.4 Å². The highest BCUT2D eigenvalue weighted by molar-refractivity contribution is 5.95. The first kappa shape index (κ1) is 44.1. The minimum Gasteiger partial charge on any atom is -0.457 e. The molecule has 10 aromatic rings. The lowest BCUT2D eigenvalue weighted by atomic mass is 10.1. The number of oxazole rings is 3. The normalized spacial score (nSPS) is 12.2. The molecule has 0 aliphatic carbocycles. The molecule has 11 rings (SSSR count). The molecule has 1 aliphatic heterocycles.